The van der Waals surface area contributed by atoms with E-state index in [0.29, 0.717) is 12.1 Å². The standard InChI is InChI=1S/C16H12F5N3O3/c1-9(11-4-2-3-5-14(11)27-15(17)18)22-23-12-7-6-10(16(19,20)21)8-13(12)24(25)26/h2-8,15,23H,1H3/b22-9-. The van der Waals surface area contributed by atoms with Crippen LogP contribution in [0.25, 0.3) is 0 Å². The van der Waals surface area contributed by atoms with Crippen molar-refractivity contribution in [2.24, 2.45) is 5.10 Å². The third-order valence-electron chi connectivity index (χ3n) is 3.36. The average molecular weight is 389 g/mol. The minimum atomic E-state index is -4.74. The van der Waals surface area contributed by atoms with Crippen LogP contribution in [0.2, 0.25) is 0 Å². The van der Waals surface area contributed by atoms with Gasteiger partial charge in [0.25, 0.3) is 5.69 Å². The van der Waals surface area contributed by atoms with E-state index in [0.717, 1.165) is 6.07 Å². The van der Waals surface area contributed by atoms with Gasteiger partial charge < -0.3 is 4.74 Å². The highest BCUT2D eigenvalue weighted by Gasteiger charge is 2.33. The molecule has 0 spiro atoms. The number of rotatable bonds is 6. The third kappa shape index (κ3) is 5.12. The number of nitrogens with zero attached hydrogens (tertiary/aromatic N) is 2. The Bertz CT molecular complexity index is 869. The molecule has 0 aliphatic rings. The summed E-state index contributed by atoms with van der Waals surface area (Å²) in [7, 11) is 0. The van der Waals surface area contributed by atoms with Crippen LogP contribution in [0, 0.1) is 10.1 Å². The van der Waals surface area contributed by atoms with Gasteiger partial charge in [0.2, 0.25) is 0 Å². The van der Waals surface area contributed by atoms with Gasteiger partial charge >= 0.3 is 12.8 Å². The largest absolute Gasteiger partial charge is 0.434 e. The molecule has 0 bridgehead atoms. The molecule has 11 heteroatoms. The molecule has 0 heterocycles. The molecular weight excluding hydrogens is 377 g/mol. The van der Waals surface area contributed by atoms with Crippen LogP contribution in [-0.2, 0) is 6.18 Å². The number of hydrogen-bond acceptors (Lipinski definition) is 5. The summed E-state index contributed by atoms with van der Waals surface area (Å²) in [6.45, 7) is -1.65. The van der Waals surface area contributed by atoms with Gasteiger partial charge in [0.05, 0.1) is 16.2 Å². The summed E-state index contributed by atoms with van der Waals surface area (Å²) in [5.74, 6) is -0.169. The summed E-state index contributed by atoms with van der Waals surface area (Å²) >= 11 is 0. The second kappa shape index (κ2) is 7.98. The van der Waals surface area contributed by atoms with E-state index < -0.39 is 29.0 Å². The lowest BCUT2D eigenvalue weighted by Crippen LogP contribution is -2.09. The first-order valence-corrected chi connectivity index (χ1v) is 7.29. The van der Waals surface area contributed by atoms with E-state index >= 15 is 0 Å². The third-order valence-corrected chi connectivity index (χ3v) is 3.36. The molecule has 0 aliphatic heterocycles. The smallest absolute Gasteiger partial charge is 0.416 e. The summed E-state index contributed by atoms with van der Waals surface area (Å²) in [6.07, 6.45) is -4.74. The van der Waals surface area contributed by atoms with E-state index in [1.807, 2.05) is 0 Å². The van der Waals surface area contributed by atoms with Gasteiger partial charge in [0.1, 0.15) is 11.4 Å². The normalized spacial score (nSPS) is 12.2. The van der Waals surface area contributed by atoms with E-state index in [9.17, 15) is 32.1 Å². The number of alkyl halides is 5. The first-order valence-electron chi connectivity index (χ1n) is 7.29. The van der Waals surface area contributed by atoms with Gasteiger partial charge in [-0.15, -0.1) is 0 Å². The van der Waals surface area contributed by atoms with Crippen molar-refractivity contribution in [1.29, 1.82) is 0 Å². The lowest BCUT2D eigenvalue weighted by Gasteiger charge is -2.11. The van der Waals surface area contributed by atoms with E-state index in [2.05, 4.69) is 15.3 Å². The zero-order valence-corrected chi connectivity index (χ0v) is 13.6. The predicted molar refractivity (Wildman–Crippen MR) is 87.0 cm³/mol. The molecular formula is C16H12F5N3O3. The van der Waals surface area contributed by atoms with Gasteiger partial charge in [0.15, 0.2) is 0 Å². The fourth-order valence-corrected chi connectivity index (χ4v) is 2.12. The lowest BCUT2D eigenvalue weighted by molar-refractivity contribution is -0.384. The number of hydrogen-bond donors (Lipinski definition) is 1. The molecule has 0 fully saturated rings. The molecule has 1 N–H and O–H groups in total. The number of halogens is 5. The molecule has 0 amide bonds. The van der Waals surface area contributed by atoms with Crippen LogP contribution in [0.4, 0.5) is 33.3 Å². The number of ether oxygens (including phenoxy) is 1. The topological polar surface area (TPSA) is 76.8 Å². The number of anilines is 1. The molecule has 0 saturated heterocycles. The summed E-state index contributed by atoms with van der Waals surface area (Å²) in [5, 5.41) is 14.9. The minimum absolute atomic E-state index is 0.125. The summed E-state index contributed by atoms with van der Waals surface area (Å²) in [5.41, 5.74) is 0.283. The van der Waals surface area contributed by atoms with E-state index in [-0.39, 0.29) is 22.7 Å². The van der Waals surface area contributed by atoms with E-state index in [1.54, 1.807) is 0 Å². The van der Waals surface area contributed by atoms with Gasteiger partial charge in [0, 0.05) is 11.6 Å². The number of benzene rings is 2. The Labute approximate surface area is 149 Å². The van der Waals surface area contributed by atoms with Crippen molar-refractivity contribution in [3.63, 3.8) is 0 Å². The van der Waals surface area contributed by atoms with Gasteiger partial charge in [-0.3, -0.25) is 15.5 Å². The Morgan fingerprint density at radius 2 is 1.89 bits per heavy atom. The number of nitrogens with one attached hydrogen (secondary N) is 1. The zero-order valence-electron chi connectivity index (χ0n) is 13.6. The first kappa shape index (κ1) is 20.1. The Kier molecular flexibility index (Phi) is 5.93. The molecule has 27 heavy (non-hydrogen) atoms. The first-order chi connectivity index (χ1) is 12.6. The predicted octanol–water partition coefficient (Wildman–Crippen LogP) is 5.05. The van der Waals surface area contributed by atoms with Crippen LogP contribution in [0.3, 0.4) is 0 Å². The molecule has 0 aromatic heterocycles. The van der Waals surface area contributed by atoms with Crippen LogP contribution in [-0.4, -0.2) is 17.2 Å². The maximum atomic E-state index is 12.7. The maximum Gasteiger partial charge on any atom is 0.416 e. The van der Waals surface area contributed by atoms with Crippen LogP contribution >= 0.6 is 0 Å². The van der Waals surface area contributed by atoms with Crippen molar-refractivity contribution in [3.8, 4) is 5.75 Å². The summed E-state index contributed by atoms with van der Waals surface area (Å²) in [6, 6.07) is 7.60. The average Bonchev–Trinajstić information content (AvgIpc) is 2.58. The summed E-state index contributed by atoms with van der Waals surface area (Å²) in [4.78, 5) is 10.0. The number of nitro benzene ring substituents is 1. The van der Waals surface area contributed by atoms with Crippen LogP contribution in [0.15, 0.2) is 47.6 Å². The molecule has 2 aromatic rings. The van der Waals surface area contributed by atoms with Gasteiger partial charge in [-0.05, 0) is 31.2 Å². The van der Waals surface area contributed by atoms with Gasteiger partial charge in [-0.1, -0.05) is 12.1 Å². The number of para-hydroxylation sites is 1. The molecule has 144 valence electrons. The molecule has 0 aliphatic carbocycles. The highest BCUT2D eigenvalue weighted by molar-refractivity contribution is 6.01. The molecule has 0 saturated carbocycles. The minimum Gasteiger partial charge on any atom is -0.434 e. The van der Waals surface area contributed by atoms with Crippen molar-refractivity contribution < 1.29 is 31.6 Å². The van der Waals surface area contributed by atoms with Crippen LogP contribution in [0.5, 0.6) is 5.75 Å². The van der Waals surface area contributed by atoms with Gasteiger partial charge in [-0.25, -0.2) is 0 Å². The maximum absolute atomic E-state index is 12.7. The highest BCUT2D eigenvalue weighted by Crippen LogP contribution is 2.35. The number of hydrazone groups is 1. The SMILES string of the molecule is C/C(=N/Nc1ccc(C(F)(F)F)cc1[N+](=O)[O-])c1ccccc1OC(F)F. The van der Waals surface area contributed by atoms with Crippen molar-refractivity contribution in [2.45, 2.75) is 19.7 Å². The molecule has 2 rings (SSSR count). The Morgan fingerprint density at radius 1 is 1.22 bits per heavy atom. The van der Waals surface area contributed by atoms with Crippen molar-refractivity contribution >= 4 is 17.1 Å². The molecule has 6 nitrogen and oxygen atoms in total. The summed E-state index contributed by atoms with van der Waals surface area (Å²) < 4.78 is 67.4. The quantitative estimate of drug-likeness (QED) is 0.325. The van der Waals surface area contributed by atoms with E-state index in [1.165, 1.54) is 31.2 Å². The van der Waals surface area contributed by atoms with Crippen molar-refractivity contribution in [3.05, 3.63) is 63.7 Å². The molecule has 0 atom stereocenters. The van der Waals surface area contributed by atoms with Crippen LogP contribution in [0.1, 0.15) is 18.1 Å². The van der Waals surface area contributed by atoms with E-state index in [4.69, 9.17) is 0 Å². The number of nitro groups is 1. The fraction of sp³-hybridized carbons (Fsp3) is 0.188. The van der Waals surface area contributed by atoms with Gasteiger partial charge in [-0.2, -0.15) is 27.1 Å². The highest BCUT2D eigenvalue weighted by atomic mass is 19.4. The fourth-order valence-electron chi connectivity index (χ4n) is 2.12. The van der Waals surface area contributed by atoms with Crippen LogP contribution < -0.4 is 10.2 Å². The lowest BCUT2D eigenvalue weighted by atomic mass is 10.1. The van der Waals surface area contributed by atoms with Crippen molar-refractivity contribution in [1.82, 2.24) is 0 Å². The Balaban J connectivity index is 2.34. The second-order valence-corrected chi connectivity index (χ2v) is 5.17. The van der Waals surface area contributed by atoms with Crippen molar-refractivity contribution in [2.75, 3.05) is 5.43 Å². The molecule has 2 aromatic carbocycles. The Hall–Kier alpha value is -3.24. The molecule has 0 radical (unpaired) electrons. The monoisotopic (exact) mass is 389 g/mol. The Morgan fingerprint density at radius 3 is 2.48 bits per heavy atom. The molecule has 0 unspecified atom stereocenters. The second-order valence-electron chi connectivity index (χ2n) is 5.17. The zero-order chi connectivity index (χ0) is 20.2.